The molecule has 0 aliphatic carbocycles. The first-order valence-electron chi connectivity index (χ1n) is 9.99. The molecule has 2 fully saturated rings. The molecule has 0 atom stereocenters. The SMILES string of the molecule is O=C(NCC(=O)N1CC(n2cc(CN3CCCC3=O)nn2)C1)OCc1ccccc1. The summed E-state index contributed by atoms with van der Waals surface area (Å²) >= 11 is 0. The molecule has 4 rings (SSSR count). The van der Waals surface area contributed by atoms with Crippen LogP contribution >= 0.6 is 0 Å². The molecule has 1 aromatic heterocycles. The van der Waals surface area contributed by atoms with Crippen molar-refractivity contribution in [1.82, 2.24) is 30.1 Å². The first-order chi connectivity index (χ1) is 14.6. The van der Waals surface area contributed by atoms with E-state index in [-0.39, 0.29) is 31.0 Å². The Labute approximate surface area is 173 Å². The maximum absolute atomic E-state index is 12.2. The largest absolute Gasteiger partial charge is 0.445 e. The van der Waals surface area contributed by atoms with Gasteiger partial charge in [0.1, 0.15) is 18.8 Å². The number of carbonyl (C=O) groups excluding carboxylic acids is 3. The summed E-state index contributed by atoms with van der Waals surface area (Å²) in [6.45, 7) is 2.29. The van der Waals surface area contributed by atoms with Crippen molar-refractivity contribution in [3.63, 3.8) is 0 Å². The van der Waals surface area contributed by atoms with Crippen LogP contribution < -0.4 is 5.32 Å². The van der Waals surface area contributed by atoms with Crippen molar-refractivity contribution in [3.05, 3.63) is 47.8 Å². The van der Waals surface area contributed by atoms with E-state index in [1.807, 2.05) is 36.5 Å². The number of ether oxygens (including phenoxy) is 1. The molecule has 158 valence electrons. The van der Waals surface area contributed by atoms with E-state index in [1.54, 1.807) is 14.5 Å². The van der Waals surface area contributed by atoms with Crippen LogP contribution in [0.25, 0.3) is 0 Å². The molecular weight excluding hydrogens is 388 g/mol. The highest BCUT2D eigenvalue weighted by molar-refractivity contribution is 5.82. The highest BCUT2D eigenvalue weighted by Crippen LogP contribution is 2.21. The second-order valence-electron chi connectivity index (χ2n) is 7.48. The van der Waals surface area contributed by atoms with Gasteiger partial charge in [0, 0.05) is 26.1 Å². The van der Waals surface area contributed by atoms with Crippen molar-refractivity contribution in [2.75, 3.05) is 26.2 Å². The molecule has 0 spiro atoms. The lowest BCUT2D eigenvalue weighted by Gasteiger charge is -2.38. The number of alkyl carbamates (subject to hydrolysis) is 1. The molecule has 10 heteroatoms. The summed E-state index contributed by atoms with van der Waals surface area (Å²) < 4.78 is 6.83. The van der Waals surface area contributed by atoms with Gasteiger partial charge in [0.2, 0.25) is 11.8 Å². The van der Waals surface area contributed by atoms with Crippen LogP contribution in [-0.2, 0) is 27.5 Å². The van der Waals surface area contributed by atoms with Crippen molar-refractivity contribution in [2.45, 2.75) is 32.0 Å². The Morgan fingerprint density at radius 3 is 2.73 bits per heavy atom. The highest BCUT2D eigenvalue weighted by atomic mass is 16.5. The van der Waals surface area contributed by atoms with Gasteiger partial charge >= 0.3 is 6.09 Å². The van der Waals surface area contributed by atoms with Crippen LogP contribution in [-0.4, -0.2) is 68.9 Å². The van der Waals surface area contributed by atoms with Crippen molar-refractivity contribution in [1.29, 1.82) is 0 Å². The van der Waals surface area contributed by atoms with Gasteiger partial charge in [-0.1, -0.05) is 35.5 Å². The fraction of sp³-hybridized carbons (Fsp3) is 0.450. The molecular formula is C20H24N6O4. The molecule has 0 unspecified atom stereocenters. The first-order valence-corrected chi connectivity index (χ1v) is 9.99. The zero-order valence-corrected chi connectivity index (χ0v) is 16.6. The van der Waals surface area contributed by atoms with Crippen LogP contribution in [0.15, 0.2) is 36.5 Å². The number of carbonyl (C=O) groups is 3. The number of aromatic nitrogens is 3. The Morgan fingerprint density at radius 1 is 1.20 bits per heavy atom. The molecule has 3 amide bonds. The predicted molar refractivity (Wildman–Crippen MR) is 105 cm³/mol. The van der Waals surface area contributed by atoms with Crippen LogP contribution in [0, 0.1) is 0 Å². The van der Waals surface area contributed by atoms with Gasteiger partial charge in [-0.05, 0) is 12.0 Å². The first kappa shape index (κ1) is 19.9. The van der Waals surface area contributed by atoms with Gasteiger partial charge < -0.3 is 19.9 Å². The maximum atomic E-state index is 12.2. The maximum Gasteiger partial charge on any atom is 0.407 e. The lowest BCUT2D eigenvalue weighted by molar-refractivity contribution is -0.136. The Hall–Kier alpha value is -3.43. The summed E-state index contributed by atoms with van der Waals surface area (Å²) in [7, 11) is 0. The second kappa shape index (κ2) is 8.93. The average Bonchev–Trinajstić information content (AvgIpc) is 3.34. The number of amides is 3. The number of hydrogen-bond donors (Lipinski definition) is 1. The minimum absolute atomic E-state index is 0.0505. The van der Waals surface area contributed by atoms with Crippen LogP contribution in [0.4, 0.5) is 4.79 Å². The Morgan fingerprint density at radius 2 is 2.00 bits per heavy atom. The summed E-state index contributed by atoms with van der Waals surface area (Å²) in [6, 6.07) is 9.38. The van der Waals surface area contributed by atoms with Gasteiger partial charge in [-0.3, -0.25) is 9.59 Å². The van der Waals surface area contributed by atoms with E-state index in [0.717, 1.165) is 24.2 Å². The van der Waals surface area contributed by atoms with Gasteiger partial charge in [-0.25, -0.2) is 9.48 Å². The lowest BCUT2D eigenvalue weighted by Crippen LogP contribution is -2.53. The van der Waals surface area contributed by atoms with E-state index in [4.69, 9.17) is 4.74 Å². The van der Waals surface area contributed by atoms with Crippen LogP contribution in [0.1, 0.15) is 30.1 Å². The molecule has 1 N–H and O–H groups in total. The third-order valence-corrected chi connectivity index (χ3v) is 5.27. The fourth-order valence-electron chi connectivity index (χ4n) is 3.49. The minimum atomic E-state index is -0.623. The lowest BCUT2D eigenvalue weighted by atomic mass is 10.1. The molecule has 2 saturated heterocycles. The summed E-state index contributed by atoms with van der Waals surface area (Å²) in [6.07, 6.45) is 2.70. The minimum Gasteiger partial charge on any atom is -0.445 e. The van der Waals surface area contributed by atoms with Gasteiger partial charge in [0.25, 0.3) is 0 Å². The average molecular weight is 412 g/mol. The molecule has 0 saturated carbocycles. The molecule has 2 aliphatic rings. The molecule has 10 nitrogen and oxygen atoms in total. The monoisotopic (exact) mass is 412 g/mol. The Balaban J connectivity index is 1.16. The summed E-state index contributed by atoms with van der Waals surface area (Å²) in [5.41, 5.74) is 1.63. The zero-order valence-electron chi connectivity index (χ0n) is 16.6. The number of nitrogens with zero attached hydrogens (tertiary/aromatic N) is 5. The van der Waals surface area contributed by atoms with Gasteiger partial charge in [-0.15, -0.1) is 5.10 Å². The van der Waals surface area contributed by atoms with Crippen molar-refractivity contribution < 1.29 is 19.1 Å². The number of likely N-dealkylation sites (tertiary alicyclic amines) is 2. The summed E-state index contributed by atoms with van der Waals surface area (Å²) in [4.78, 5) is 39.1. The van der Waals surface area contributed by atoms with E-state index in [2.05, 4.69) is 15.6 Å². The standard InChI is InChI=1S/C20H24N6O4/c27-18-7-4-8-24(18)10-16-11-26(23-22-16)17-12-25(13-17)19(28)9-21-20(29)30-14-15-5-2-1-3-6-15/h1-3,5-6,11,17H,4,7-10,12-14H2,(H,21,29). The second-order valence-corrected chi connectivity index (χ2v) is 7.48. The van der Waals surface area contributed by atoms with E-state index >= 15 is 0 Å². The molecule has 1 aromatic carbocycles. The zero-order chi connectivity index (χ0) is 20.9. The molecule has 3 heterocycles. The predicted octanol–water partition coefficient (Wildman–Crippen LogP) is 0.710. The van der Waals surface area contributed by atoms with Gasteiger partial charge in [0.15, 0.2) is 0 Å². The molecule has 0 bridgehead atoms. The number of nitrogens with one attached hydrogen (secondary N) is 1. The fourth-order valence-corrected chi connectivity index (χ4v) is 3.49. The molecule has 2 aliphatic heterocycles. The van der Waals surface area contributed by atoms with Crippen LogP contribution in [0.5, 0.6) is 0 Å². The molecule has 2 aromatic rings. The van der Waals surface area contributed by atoms with Crippen molar-refractivity contribution in [2.24, 2.45) is 0 Å². The number of rotatable bonds is 7. The molecule has 30 heavy (non-hydrogen) atoms. The Kier molecular flexibility index (Phi) is 5.92. The highest BCUT2D eigenvalue weighted by Gasteiger charge is 2.33. The quantitative estimate of drug-likeness (QED) is 0.717. The summed E-state index contributed by atoms with van der Waals surface area (Å²) in [5, 5.41) is 10.7. The van der Waals surface area contributed by atoms with E-state index < -0.39 is 6.09 Å². The van der Waals surface area contributed by atoms with Gasteiger partial charge in [-0.2, -0.15) is 0 Å². The van der Waals surface area contributed by atoms with Crippen LogP contribution in [0.2, 0.25) is 0 Å². The van der Waals surface area contributed by atoms with E-state index in [9.17, 15) is 14.4 Å². The van der Waals surface area contributed by atoms with Crippen molar-refractivity contribution >= 4 is 17.9 Å². The molecule has 0 radical (unpaired) electrons. The number of hydrogen-bond acceptors (Lipinski definition) is 6. The smallest absolute Gasteiger partial charge is 0.407 e. The van der Waals surface area contributed by atoms with Crippen molar-refractivity contribution in [3.8, 4) is 0 Å². The van der Waals surface area contributed by atoms with E-state index in [1.165, 1.54) is 0 Å². The third-order valence-electron chi connectivity index (χ3n) is 5.27. The number of benzene rings is 1. The third kappa shape index (κ3) is 4.76. The Bertz CT molecular complexity index is 909. The normalized spacial score (nSPS) is 16.5. The topological polar surface area (TPSA) is 110 Å². The van der Waals surface area contributed by atoms with Gasteiger partial charge in [0.05, 0.1) is 18.8 Å². The van der Waals surface area contributed by atoms with Crippen LogP contribution in [0.3, 0.4) is 0 Å². The van der Waals surface area contributed by atoms with E-state index in [0.29, 0.717) is 26.1 Å². The summed E-state index contributed by atoms with van der Waals surface area (Å²) in [5.74, 6) is -0.0225.